The second-order valence-corrected chi connectivity index (χ2v) is 3.44. The largest absolute Gasteiger partial charge is 0.496 e. The molecule has 1 aromatic carbocycles. The highest BCUT2D eigenvalue weighted by Crippen LogP contribution is 2.25. The Morgan fingerprint density at radius 2 is 1.92 bits per heavy atom. The molecule has 0 spiro atoms. The summed E-state index contributed by atoms with van der Waals surface area (Å²) < 4.78 is 5.29. The van der Waals surface area contributed by atoms with Gasteiger partial charge in [-0.1, -0.05) is 19.4 Å². The normalized spacial score (nSPS) is 10.2. The first-order valence-corrected chi connectivity index (χ1v) is 4.83. The molecular formula is C12H18O. The van der Waals surface area contributed by atoms with Crippen molar-refractivity contribution < 1.29 is 4.74 Å². The van der Waals surface area contributed by atoms with Crippen molar-refractivity contribution in [1.82, 2.24) is 0 Å². The Labute approximate surface area is 80.7 Å². The molecule has 0 N–H and O–H groups in total. The van der Waals surface area contributed by atoms with Gasteiger partial charge in [0.25, 0.3) is 0 Å². The highest BCUT2D eigenvalue weighted by Gasteiger charge is 2.06. The second kappa shape index (κ2) is 4.31. The van der Waals surface area contributed by atoms with Gasteiger partial charge in [-0.15, -0.1) is 0 Å². The molecule has 0 fully saturated rings. The number of benzene rings is 1. The minimum atomic E-state index is 1.01. The van der Waals surface area contributed by atoms with E-state index in [1.807, 2.05) is 6.07 Å². The van der Waals surface area contributed by atoms with Gasteiger partial charge in [-0.3, -0.25) is 0 Å². The smallest absolute Gasteiger partial charge is 0.122 e. The standard InChI is InChI=1S/C12H18O/c1-5-6-11-9(2)7-8-12(13-4)10(11)3/h7-8H,5-6H2,1-4H3. The van der Waals surface area contributed by atoms with Crippen LogP contribution in [0, 0.1) is 13.8 Å². The number of hydrogen-bond acceptors (Lipinski definition) is 1. The topological polar surface area (TPSA) is 9.23 Å². The number of hydrogen-bond donors (Lipinski definition) is 0. The highest BCUT2D eigenvalue weighted by molar-refractivity contribution is 5.43. The van der Waals surface area contributed by atoms with Crippen LogP contribution in [-0.2, 0) is 6.42 Å². The summed E-state index contributed by atoms with van der Waals surface area (Å²) in [6.45, 7) is 6.51. The maximum Gasteiger partial charge on any atom is 0.122 e. The minimum Gasteiger partial charge on any atom is -0.496 e. The highest BCUT2D eigenvalue weighted by atomic mass is 16.5. The van der Waals surface area contributed by atoms with Gasteiger partial charge in [0.15, 0.2) is 0 Å². The first kappa shape index (κ1) is 10.1. The Kier molecular flexibility index (Phi) is 3.35. The molecule has 0 unspecified atom stereocenters. The maximum atomic E-state index is 5.29. The Hall–Kier alpha value is -0.980. The molecule has 0 atom stereocenters. The second-order valence-electron chi connectivity index (χ2n) is 3.44. The summed E-state index contributed by atoms with van der Waals surface area (Å²) in [6.07, 6.45) is 2.34. The van der Waals surface area contributed by atoms with Crippen molar-refractivity contribution in [2.24, 2.45) is 0 Å². The van der Waals surface area contributed by atoms with Crippen LogP contribution >= 0.6 is 0 Å². The van der Waals surface area contributed by atoms with Crippen LogP contribution in [-0.4, -0.2) is 7.11 Å². The molecular weight excluding hydrogens is 160 g/mol. The maximum absolute atomic E-state index is 5.29. The molecule has 1 aromatic rings. The van der Waals surface area contributed by atoms with Crippen molar-refractivity contribution in [3.63, 3.8) is 0 Å². The van der Waals surface area contributed by atoms with E-state index in [-0.39, 0.29) is 0 Å². The van der Waals surface area contributed by atoms with Crippen LogP contribution in [0.15, 0.2) is 12.1 Å². The van der Waals surface area contributed by atoms with E-state index in [9.17, 15) is 0 Å². The molecule has 72 valence electrons. The summed E-state index contributed by atoms with van der Waals surface area (Å²) in [5.41, 5.74) is 4.12. The van der Waals surface area contributed by atoms with E-state index in [0.717, 1.165) is 12.2 Å². The molecule has 0 heterocycles. The zero-order chi connectivity index (χ0) is 9.84. The van der Waals surface area contributed by atoms with E-state index < -0.39 is 0 Å². The number of rotatable bonds is 3. The van der Waals surface area contributed by atoms with Crippen LogP contribution in [0.1, 0.15) is 30.0 Å². The summed E-state index contributed by atoms with van der Waals surface area (Å²) in [6, 6.07) is 4.18. The lowest BCUT2D eigenvalue weighted by Gasteiger charge is -2.12. The molecule has 0 amide bonds. The fourth-order valence-electron chi connectivity index (χ4n) is 1.73. The van der Waals surface area contributed by atoms with E-state index in [0.29, 0.717) is 0 Å². The number of ether oxygens (including phenoxy) is 1. The Balaban J connectivity index is 3.13. The molecule has 0 aliphatic carbocycles. The summed E-state index contributed by atoms with van der Waals surface area (Å²) in [5, 5.41) is 0. The van der Waals surface area contributed by atoms with Crippen LogP contribution in [0.2, 0.25) is 0 Å². The molecule has 0 radical (unpaired) electrons. The molecule has 1 heteroatoms. The predicted octanol–water partition coefficient (Wildman–Crippen LogP) is 3.26. The zero-order valence-corrected chi connectivity index (χ0v) is 8.98. The van der Waals surface area contributed by atoms with Gasteiger partial charge < -0.3 is 4.74 Å². The summed E-state index contributed by atoms with van der Waals surface area (Å²) in [4.78, 5) is 0. The van der Waals surface area contributed by atoms with E-state index in [1.165, 1.54) is 23.1 Å². The Morgan fingerprint density at radius 3 is 2.46 bits per heavy atom. The van der Waals surface area contributed by atoms with Crippen LogP contribution in [0.4, 0.5) is 0 Å². The molecule has 1 nitrogen and oxygen atoms in total. The van der Waals surface area contributed by atoms with Crippen LogP contribution in [0.25, 0.3) is 0 Å². The van der Waals surface area contributed by atoms with Crippen molar-refractivity contribution in [2.75, 3.05) is 7.11 Å². The summed E-state index contributed by atoms with van der Waals surface area (Å²) >= 11 is 0. The van der Waals surface area contributed by atoms with Crippen molar-refractivity contribution in [3.05, 3.63) is 28.8 Å². The van der Waals surface area contributed by atoms with Crippen LogP contribution in [0.5, 0.6) is 5.75 Å². The molecule has 0 saturated carbocycles. The molecule has 0 saturated heterocycles. The molecule has 0 aliphatic heterocycles. The zero-order valence-electron chi connectivity index (χ0n) is 8.98. The van der Waals surface area contributed by atoms with E-state index in [1.54, 1.807) is 7.11 Å². The fraction of sp³-hybridized carbons (Fsp3) is 0.500. The average molecular weight is 178 g/mol. The number of methoxy groups -OCH3 is 1. The lowest BCUT2D eigenvalue weighted by atomic mass is 9.98. The van der Waals surface area contributed by atoms with Gasteiger partial charge in [0, 0.05) is 0 Å². The molecule has 0 aliphatic rings. The first-order valence-electron chi connectivity index (χ1n) is 4.83. The van der Waals surface area contributed by atoms with Gasteiger partial charge in [-0.2, -0.15) is 0 Å². The van der Waals surface area contributed by atoms with Gasteiger partial charge in [-0.25, -0.2) is 0 Å². The molecule has 0 aromatic heterocycles. The van der Waals surface area contributed by atoms with Crippen molar-refractivity contribution >= 4 is 0 Å². The van der Waals surface area contributed by atoms with Crippen molar-refractivity contribution in [1.29, 1.82) is 0 Å². The quantitative estimate of drug-likeness (QED) is 0.690. The lowest BCUT2D eigenvalue weighted by molar-refractivity contribution is 0.411. The van der Waals surface area contributed by atoms with Crippen LogP contribution < -0.4 is 4.74 Å². The van der Waals surface area contributed by atoms with Gasteiger partial charge in [0.2, 0.25) is 0 Å². The van der Waals surface area contributed by atoms with Gasteiger partial charge in [0.05, 0.1) is 7.11 Å². The fourth-order valence-corrected chi connectivity index (χ4v) is 1.73. The SMILES string of the molecule is CCCc1c(C)ccc(OC)c1C. The summed E-state index contributed by atoms with van der Waals surface area (Å²) in [5.74, 6) is 1.01. The molecule has 1 rings (SSSR count). The van der Waals surface area contributed by atoms with E-state index in [2.05, 4.69) is 26.8 Å². The van der Waals surface area contributed by atoms with Crippen molar-refractivity contribution in [2.45, 2.75) is 33.6 Å². The number of aryl methyl sites for hydroxylation is 1. The van der Waals surface area contributed by atoms with Crippen LogP contribution in [0.3, 0.4) is 0 Å². The van der Waals surface area contributed by atoms with Gasteiger partial charge in [0.1, 0.15) is 5.75 Å². The van der Waals surface area contributed by atoms with Crippen molar-refractivity contribution in [3.8, 4) is 5.75 Å². The molecule has 13 heavy (non-hydrogen) atoms. The lowest BCUT2D eigenvalue weighted by Crippen LogP contribution is -1.96. The monoisotopic (exact) mass is 178 g/mol. The van der Waals surface area contributed by atoms with E-state index >= 15 is 0 Å². The van der Waals surface area contributed by atoms with Gasteiger partial charge >= 0.3 is 0 Å². The Bertz CT molecular complexity index is 289. The third-order valence-corrected chi connectivity index (χ3v) is 2.50. The third-order valence-electron chi connectivity index (χ3n) is 2.50. The van der Waals surface area contributed by atoms with Gasteiger partial charge in [-0.05, 0) is 43.0 Å². The third kappa shape index (κ3) is 2.03. The predicted molar refractivity (Wildman–Crippen MR) is 56.5 cm³/mol. The van der Waals surface area contributed by atoms with E-state index in [4.69, 9.17) is 4.74 Å². The summed E-state index contributed by atoms with van der Waals surface area (Å²) in [7, 11) is 1.73. The minimum absolute atomic E-state index is 1.01. The first-order chi connectivity index (χ1) is 6.20. The Morgan fingerprint density at radius 1 is 1.23 bits per heavy atom. The molecule has 0 bridgehead atoms. The average Bonchev–Trinajstić information content (AvgIpc) is 2.12.